The summed E-state index contributed by atoms with van der Waals surface area (Å²) in [5.74, 6) is 1.22. The monoisotopic (exact) mass is 549 g/mol. The first-order chi connectivity index (χ1) is 13.9. The van der Waals surface area contributed by atoms with E-state index in [2.05, 4.69) is 15.6 Å². The quantitative estimate of drug-likeness (QED) is 0.284. The molecule has 0 spiro atoms. The lowest BCUT2D eigenvalue weighted by atomic mass is 10.1. The van der Waals surface area contributed by atoms with Crippen LogP contribution in [0, 0.1) is 5.92 Å². The number of nitrogens with zero attached hydrogens (tertiary/aromatic N) is 2. The van der Waals surface area contributed by atoms with Crippen molar-refractivity contribution in [2.75, 3.05) is 19.6 Å². The Morgan fingerprint density at radius 3 is 2.47 bits per heavy atom. The van der Waals surface area contributed by atoms with Crippen molar-refractivity contribution in [3.8, 4) is 0 Å². The standard InChI is InChI=1S/C20H31N5O3S.HI/c1-2-22-20(23-13-15-7-9-18(10-8-15)29(21,27)28)24-17-11-12-25(14-17)19(26)16-5-3-4-6-16;/h7-10,16-17H,2-6,11-14H2,1H3,(H2,21,27,28)(H2,22,23,24);1H. The molecule has 10 heteroatoms. The number of halogens is 1. The van der Waals surface area contributed by atoms with E-state index in [-0.39, 0.29) is 40.8 Å². The van der Waals surface area contributed by atoms with Crippen molar-refractivity contribution in [2.24, 2.45) is 16.0 Å². The fraction of sp³-hybridized carbons (Fsp3) is 0.600. The minimum Gasteiger partial charge on any atom is -0.357 e. The van der Waals surface area contributed by atoms with Crippen LogP contribution in [-0.2, 0) is 21.4 Å². The highest BCUT2D eigenvalue weighted by atomic mass is 127. The lowest BCUT2D eigenvalue weighted by Gasteiger charge is -2.21. The lowest BCUT2D eigenvalue weighted by Crippen LogP contribution is -2.45. The molecule has 2 fully saturated rings. The average Bonchev–Trinajstić information content (AvgIpc) is 3.38. The molecule has 8 nitrogen and oxygen atoms in total. The maximum Gasteiger partial charge on any atom is 0.238 e. The Bertz CT molecular complexity index is 839. The van der Waals surface area contributed by atoms with Gasteiger partial charge < -0.3 is 15.5 Å². The summed E-state index contributed by atoms with van der Waals surface area (Å²) in [5, 5.41) is 11.8. The Labute approximate surface area is 196 Å². The van der Waals surface area contributed by atoms with Gasteiger partial charge in [0.15, 0.2) is 5.96 Å². The third kappa shape index (κ3) is 6.81. The molecular formula is C20H32IN5O3S. The number of rotatable bonds is 6. The number of sulfonamides is 1. The van der Waals surface area contributed by atoms with Gasteiger partial charge in [0, 0.05) is 31.6 Å². The molecule has 1 heterocycles. The van der Waals surface area contributed by atoms with Crippen LogP contribution in [0.2, 0.25) is 0 Å². The molecule has 0 radical (unpaired) electrons. The van der Waals surface area contributed by atoms with E-state index in [9.17, 15) is 13.2 Å². The maximum atomic E-state index is 12.6. The van der Waals surface area contributed by atoms with Gasteiger partial charge in [-0.3, -0.25) is 4.79 Å². The summed E-state index contributed by atoms with van der Waals surface area (Å²) in [7, 11) is -3.69. The number of hydrogen-bond acceptors (Lipinski definition) is 4. The smallest absolute Gasteiger partial charge is 0.238 e. The first-order valence-corrected chi connectivity index (χ1v) is 11.9. The van der Waals surface area contributed by atoms with Gasteiger partial charge in [0.1, 0.15) is 0 Å². The molecule has 1 aromatic carbocycles. The van der Waals surface area contributed by atoms with Gasteiger partial charge in [-0.05, 0) is 43.9 Å². The van der Waals surface area contributed by atoms with E-state index in [1.165, 1.54) is 25.0 Å². The maximum absolute atomic E-state index is 12.6. The van der Waals surface area contributed by atoms with Gasteiger partial charge in [-0.2, -0.15) is 0 Å². The second kappa shape index (κ2) is 11.3. The molecule has 1 atom stereocenters. The summed E-state index contributed by atoms with van der Waals surface area (Å²) in [5.41, 5.74) is 0.888. The Morgan fingerprint density at radius 2 is 1.87 bits per heavy atom. The van der Waals surface area contributed by atoms with E-state index in [0.29, 0.717) is 25.0 Å². The van der Waals surface area contributed by atoms with E-state index >= 15 is 0 Å². The van der Waals surface area contributed by atoms with Crippen LogP contribution >= 0.6 is 24.0 Å². The summed E-state index contributed by atoms with van der Waals surface area (Å²) in [6, 6.07) is 6.59. The van der Waals surface area contributed by atoms with Gasteiger partial charge in [0.25, 0.3) is 0 Å². The Hall–Kier alpha value is -1.40. The van der Waals surface area contributed by atoms with Crippen molar-refractivity contribution in [3.63, 3.8) is 0 Å². The number of likely N-dealkylation sites (tertiary alicyclic amines) is 1. The predicted molar refractivity (Wildman–Crippen MR) is 128 cm³/mol. The molecule has 30 heavy (non-hydrogen) atoms. The number of primary sulfonamides is 1. The molecule has 1 amide bonds. The zero-order chi connectivity index (χ0) is 20.9. The number of guanidine groups is 1. The van der Waals surface area contributed by atoms with Crippen molar-refractivity contribution >= 4 is 45.9 Å². The van der Waals surface area contributed by atoms with Crippen LogP contribution < -0.4 is 15.8 Å². The largest absolute Gasteiger partial charge is 0.357 e. The van der Waals surface area contributed by atoms with E-state index in [1.54, 1.807) is 12.1 Å². The minimum atomic E-state index is -3.69. The third-order valence-corrected chi connectivity index (χ3v) is 6.49. The molecule has 0 bridgehead atoms. The predicted octanol–water partition coefficient (Wildman–Crippen LogP) is 1.80. The van der Waals surface area contributed by atoms with Crippen LogP contribution in [0.3, 0.4) is 0 Å². The van der Waals surface area contributed by atoms with Crippen LogP contribution in [-0.4, -0.2) is 50.9 Å². The van der Waals surface area contributed by atoms with Gasteiger partial charge in [0.05, 0.1) is 11.4 Å². The lowest BCUT2D eigenvalue weighted by molar-refractivity contribution is -0.134. The molecule has 0 aromatic heterocycles. The molecule has 1 saturated carbocycles. The molecule has 2 aliphatic rings. The second-order valence-electron chi connectivity index (χ2n) is 7.78. The number of aliphatic imine (C=N–C) groups is 1. The number of nitrogens with two attached hydrogens (primary N) is 1. The normalized spacial score (nSPS) is 20.1. The molecule has 4 N–H and O–H groups in total. The van der Waals surface area contributed by atoms with Crippen molar-refractivity contribution in [3.05, 3.63) is 29.8 Å². The van der Waals surface area contributed by atoms with Gasteiger partial charge in [-0.15, -0.1) is 24.0 Å². The van der Waals surface area contributed by atoms with Crippen molar-refractivity contribution in [1.82, 2.24) is 15.5 Å². The number of hydrogen-bond donors (Lipinski definition) is 3. The number of amides is 1. The molecule has 1 saturated heterocycles. The Balaban J connectivity index is 0.00000320. The highest BCUT2D eigenvalue weighted by molar-refractivity contribution is 14.0. The topological polar surface area (TPSA) is 117 Å². The zero-order valence-electron chi connectivity index (χ0n) is 17.3. The van der Waals surface area contributed by atoms with Crippen molar-refractivity contribution in [1.29, 1.82) is 0 Å². The summed E-state index contributed by atoms with van der Waals surface area (Å²) < 4.78 is 22.7. The fourth-order valence-corrected chi connectivity index (χ4v) is 4.49. The Kier molecular flexibility index (Phi) is 9.35. The van der Waals surface area contributed by atoms with E-state index in [0.717, 1.165) is 37.9 Å². The summed E-state index contributed by atoms with van der Waals surface area (Å²) in [4.78, 5) is 19.3. The molecule has 1 unspecified atom stereocenters. The van der Waals surface area contributed by atoms with Crippen molar-refractivity contribution in [2.45, 2.75) is 56.5 Å². The summed E-state index contributed by atoms with van der Waals surface area (Å²) in [6.07, 6.45) is 5.30. The van der Waals surface area contributed by atoms with Gasteiger partial charge in [0.2, 0.25) is 15.9 Å². The van der Waals surface area contributed by atoms with Gasteiger partial charge >= 0.3 is 0 Å². The van der Waals surface area contributed by atoms with Gasteiger partial charge in [-0.25, -0.2) is 18.5 Å². The van der Waals surface area contributed by atoms with Crippen LogP contribution in [0.4, 0.5) is 0 Å². The van der Waals surface area contributed by atoms with Crippen LogP contribution in [0.25, 0.3) is 0 Å². The zero-order valence-corrected chi connectivity index (χ0v) is 20.5. The number of nitrogens with one attached hydrogen (secondary N) is 2. The minimum absolute atomic E-state index is 0. The van der Waals surface area contributed by atoms with Crippen LogP contribution in [0.1, 0.15) is 44.6 Å². The molecule has 3 rings (SSSR count). The summed E-state index contributed by atoms with van der Waals surface area (Å²) in [6.45, 7) is 4.65. The molecule has 1 aliphatic heterocycles. The van der Waals surface area contributed by atoms with Gasteiger partial charge in [-0.1, -0.05) is 25.0 Å². The van der Waals surface area contributed by atoms with E-state index < -0.39 is 10.0 Å². The highest BCUT2D eigenvalue weighted by Gasteiger charge is 2.32. The number of benzene rings is 1. The molecular weight excluding hydrogens is 517 g/mol. The van der Waals surface area contributed by atoms with Crippen LogP contribution in [0.15, 0.2) is 34.2 Å². The van der Waals surface area contributed by atoms with E-state index in [4.69, 9.17) is 5.14 Å². The fourth-order valence-electron chi connectivity index (χ4n) is 3.98. The number of carbonyl (C=O) groups is 1. The molecule has 1 aromatic rings. The first-order valence-electron chi connectivity index (χ1n) is 10.3. The first kappa shape index (κ1) is 24.9. The van der Waals surface area contributed by atoms with Crippen molar-refractivity contribution < 1.29 is 13.2 Å². The molecule has 168 valence electrons. The average molecular weight is 549 g/mol. The Morgan fingerprint density at radius 1 is 1.20 bits per heavy atom. The summed E-state index contributed by atoms with van der Waals surface area (Å²) >= 11 is 0. The molecule has 1 aliphatic carbocycles. The van der Waals surface area contributed by atoms with E-state index in [1.807, 2.05) is 11.8 Å². The third-order valence-electron chi connectivity index (χ3n) is 5.56. The van der Waals surface area contributed by atoms with Crippen LogP contribution in [0.5, 0.6) is 0 Å². The SMILES string of the molecule is CCNC(=NCc1ccc(S(N)(=O)=O)cc1)NC1CCN(C(=O)C2CCCC2)C1.I. The second-order valence-corrected chi connectivity index (χ2v) is 9.34. The highest BCUT2D eigenvalue weighted by Crippen LogP contribution is 2.27. The number of carbonyl (C=O) groups excluding carboxylic acids is 1.